The number of carbonyl (C=O) groups is 2. The third-order valence-corrected chi connectivity index (χ3v) is 5.83. The second kappa shape index (κ2) is 7.31. The van der Waals surface area contributed by atoms with Crippen molar-refractivity contribution in [1.82, 2.24) is 19.6 Å². The second-order valence-electron chi connectivity index (χ2n) is 8.64. The zero-order valence-electron chi connectivity index (χ0n) is 16.7. The summed E-state index contributed by atoms with van der Waals surface area (Å²) in [5.41, 5.74) is -0.343. The van der Waals surface area contributed by atoms with Gasteiger partial charge in [0.1, 0.15) is 0 Å². The molecular weight excluding hydrogens is 348 g/mol. The maximum absolute atomic E-state index is 12.8. The smallest absolute Gasteiger partial charge is 0.415 e. The number of amides is 3. The third-order valence-electron chi connectivity index (χ3n) is 5.83. The summed E-state index contributed by atoms with van der Waals surface area (Å²) in [7, 11) is 0. The zero-order chi connectivity index (χ0) is 19.8. The first-order valence-electron chi connectivity index (χ1n) is 9.78. The van der Waals surface area contributed by atoms with Crippen LogP contribution in [0.3, 0.4) is 0 Å². The molecule has 3 aliphatic rings. The number of piperidine rings is 1. The van der Waals surface area contributed by atoms with Crippen molar-refractivity contribution in [2.45, 2.75) is 44.8 Å². The fourth-order valence-electron chi connectivity index (χ4n) is 4.22. The molecule has 0 unspecified atom stereocenters. The number of likely N-dealkylation sites (tertiary alicyclic amines) is 1. The van der Waals surface area contributed by atoms with Crippen LogP contribution in [0.2, 0.25) is 0 Å². The lowest BCUT2D eigenvalue weighted by Crippen LogP contribution is -2.56. The molecule has 0 aromatic carbocycles. The highest BCUT2D eigenvalue weighted by atomic mass is 16.6. The normalized spacial score (nSPS) is 23.9. The Balaban J connectivity index is 1.57. The molecule has 0 aromatic heterocycles. The summed E-state index contributed by atoms with van der Waals surface area (Å²) >= 11 is 0. The first-order valence-corrected chi connectivity index (χ1v) is 9.78. The summed E-state index contributed by atoms with van der Waals surface area (Å²) in [6.07, 6.45) is 0.827. The van der Waals surface area contributed by atoms with Crippen LogP contribution < -0.4 is 0 Å². The average molecular weight is 380 g/mol. The van der Waals surface area contributed by atoms with Crippen LogP contribution in [0.4, 0.5) is 9.59 Å². The molecule has 1 spiro atoms. The van der Waals surface area contributed by atoms with E-state index in [0.29, 0.717) is 51.3 Å². The number of ether oxygens (including phenoxy) is 1. The van der Waals surface area contributed by atoms with Gasteiger partial charge in [-0.15, -0.1) is 0 Å². The fourth-order valence-corrected chi connectivity index (χ4v) is 4.22. The summed E-state index contributed by atoms with van der Waals surface area (Å²) in [6.45, 7) is 14.9. The molecule has 0 saturated carbocycles. The molecule has 3 saturated heterocycles. The highest BCUT2D eigenvalue weighted by Crippen LogP contribution is 2.43. The molecule has 3 heterocycles. The van der Waals surface area contributed by atoms with E-state index in [1.54, 1.807) is 4.90 Å². The van der Waals surface area contributed by atoms with Crippen molar-refractivity contribution < 1.29 is 19.4 Å². The van der Waals surface area contributed by atoms with Crippen LogP contribution in [0.25, 0.3) is 0 Å². The van der Waals surface area contributed by atoms with Gasteiger partial charge in [0.05, 0.1) is 12.3 Å². The van der Waals surface area contributed by atoms with E-state index in [1.165, 1.54) is 0 Å². The first kappa shape index (κ1) is 19.9. The summed E-state index contributed by atoms with van der Waals surface area (Å²) in [6, 6.07) is 0.0520. The van der Waals surface area contributed by atoms with Crippen LogP contribution in [-0.4, -0.2) is 100 Å². The summed E-state index contributed by atoms with van der Waals surface area (Å²) in [5.74, 6) is 0. The second-order valence-corrected chi connectivity index (χ2v) is 8.64. The van der Waals surface area contributed by atoms with Gasteiger partial charge in [0.25, 0.3) is 0 Å². The largest absolute Gasteiger partial charge is 0.436 e. The van der Waals surface area contributed by atoms with Crippen LogP contribution in [-0.2, 0) is 4.74 Å². The minimum absolute atomic E-state index is 0.0520. The predicted octanol–water partition coefficient (Wildman–Crippen LogP) is 1.32. The van der Waals surface area contributed by atoms with E-state index in [0.717, 1.165) is 13.1 Å². The van der Waals surface area contributed by atoms with Crippen LogP contribution in [0.1, 0.15) is 33.6 Å². The topological polar surface area (TPSA) is 76.6 Å². The predicted molar refractivity (Wildman–Crippen MR) is 101 cm³/mol. The summed E-state index contributed by atoms with van der Waals surface area (Å²) in [5, 5.41) is 9.03. The highest BCUT2D eigenvalue weighted by Gasteiger charge is 2.53. The zero-order valence-corrected chi connectivity index (χ0v) is 16.7. The standard InChI is InChI=1S/C19H32N4O4/c1-15-19(27-17(26)23(15)18(2,3)4)5-7-21(8-6-19)16(25)22-11-9-20(10-12-22)13-14-24/h24H,1,5-14H2,2-4H3. The molecule has 8 nitrogen and oxygen atoms in total. The van der Waals surface area contributed by atoms with Crippen molar-refractivity contribution in [3.8, 4) is 0 Å². The number of hydrogen-bond donors (Lipinski definition) is 1. The number of aliphatic hydroxyl groups excluding tert-OH is 1. The maximum Gasteiger partial charge on any atom is 0.415 e. The van der Waals surface area contributed by atoms with Gasteiger partial charge in [-0.25, -0.2) is 9.59 Å². The molecule has 0 aromatic rings. The van der Waals surface area contributed by atoms with Crippen LogP contribution in [0.15, 0.2) is 12.3 Å². The quantitative estimate of drug-likeness (QED) is 0.782. The number of β-amino-alcohol motifs (C(OH)–C–C–N with tert-alkyl or cyclic N) is 1. The van der Waals surface area contributed by atoms with E-state index in [2.05, 4.69) is 11.5 Å². The van der Waals surface area contributed by atoms with Gasteiger partial charge in [-0.05, 0) is 20.8 Å². The molecule has 0 radical (unpaired) electrons. The maximum atomic E-state index is 12.8. The van der Waals surface area contributed by atoms with Gasteiger partial charge in [0.2, 0.25) is 0 Å². The van der Waals surface area contributed by atoms with Gasteiger partial charge >= 0.3 is 12.1 Å². The lowest BCUT2D eigenvalue weighted by Gasteiger charge is -2.42. The fraction of sp³-hybridized carbons (Fsp3) is 0.789. The number of piperazine rings is 1. The average Bonchev–Trinajstić information content (AvgIpc) is 2.86. The molecule has 3 rings (SSSR count). The number of aliphatic hydroxyl groups is 1. The Bertz CT molecular complexity index is 599. The lowest BCUT2D eigenvalue weighted by molar-refractivity contribution is 0.0169. The Kier molecular flexibility index (Phi) is 5.40. The monoisotopic (exact) mass is 380 g/mol. The van der Waals surface area contributed by atoms with E-state index in [9.17, 15) is 9.59 Å². The van der Waals surface area contributed by atoms with Crippen molar-refractivity contribution in [3.63, 3.8) is 0 Å². The first-order chi connectivity index (χ1) is 12.7. The van der Waals surface area contributed by atoms with Crippen molar-refractivity contribution in [1.29, 1.82) is 0 Å². The lowest BCUT2D eigenvalue weighted by atomic mass is 9.87. The van der Waals surface area contributed by atoms with Gasteiger partial charge in [-0.2, -0.15) is 0 Å². The van der Waals surface area contributed by atoms with Gasteiger partial charge in [-0.1, -0.05) is 6.58 Å². The van der Waals surface area contributed by atoms with E-state index in [-0.39, 0.29) is 24.3 Å². The van der Waals surface area contributed by atoms with Crippen molar-refractivity contribution in [2.24, 2.45) is 0 Å². The Morgan fingerprint density at radius 1 is 1.11 bits per heavy atom. The number of nitrogens with zero attached hydrogens (tertiary/aromatic N) is 4. The van der Waals surface area contributed by atoms with E-state index in [1.807, 2.05) is 30.6 Å². The Morgan fingerprint density at radius 2 is 1.67 bits per heavy atom. The Labute approximate surface area is 161 Å². The molecular formula is C19H32N4O4. The van der Waals surface area contributed by atoms with Crippen LogP contribution in [0, 0.1) is 0 Å². The molecule has 1 N–H and O–H groups in total. The Hall–Kier alpha value is -1.80. The van der Waals surface area contributed by atoms with Gasteiger partial charge in [-0.3, -0.25) is 9.80 Å². The molecule has 8 heteroatoms. The molecule has 0 aliphatic carbocycles. The SMILES string of the molecule is C=C1N(C(C)(C)C)C(=O)OC12CCN(C(=O)N1CCN(CCO)CC1)CC2. The number of hydrogen-bond acceptors (Lipinski definition) is 5. The Morgan fingerprint density at radius 3 is 2.15 bits per heavy atom. The van der Waals surface area contributed by atoms with Gasteiger partial charge in [0.15, 0.2) is 5.60 Å². The van der Waals surface area contributed by atoms with E-state index >= 15 is 0 Å². The number of carbonyl (C=O) groups excluding carboxylic acids is 2. The van der Waals surface area contributed by atoms with E-state index < -0.39 is 5.60 Å². The van der Waals surface area contributed by atoms with Crippen molar-refractivity contribution in [3.05, 3.63) is 12.3 Å². The molecule has 3 fully saturated rings. The number of rotatable bonds is 2. The van der Waals surface area contributed by atoms with Gasteiger partial charge in [0, 0.05) is 64.2 Å². The third kappa shape index (κ3) is 3.78. The minimum Gasteiger partial charge on any atom is -0.436 e. The molecule has 27 heavy (non-hydrogen) atoms. The van der Waals surface area contributed by atoms with Crippen LogP contribution in [0.5, 0.6) is 0 Å². The van der Waals surface area contributed by atoms with Crippen molar-refractivity contribution in [2.75, 3.05) is 52.4 Å². The molecule has 0 bridgehead atoms. The van der Waals surface area contributed by atoms with E-state index in [4.69, 9.17) is 9.84 Å². The van der Waals surface area contributed by atoms with Gasteiger partial charge < -0.3 is 19.6 Å². The minimum atomic E-state index is -0.680. The highest BCUT2D eigenvalue weighted by molar-refractivity contribution is 5.77. The number of urea groups is 1. The molecule has 3 amide bonds. The van der Waals surface area contributed by atoms with Crippen molar-refractivity contribution >= 4 is 12.1 Å². The van der Waals surface area contributed by atoms with Crippen LogP contribution >= 0.6 is 0 Å². The molecule has 152 valence electrons. The summed E-state index contributed by atoms with van der Waals surface area (Å²) in [4.78, 5) is 32.8. The summed E-state index contributed by atoms with van der Waals surface area (Å²) < 4.78 is 5.76. The molecule has 3 aliphatic heterocycles. The molecule has 0 atom stereocenters.